The standard InChI is InChI=1S/C18H17F3N2O2/c1-11(14-4-3-5-15(10-14)18(19,20)21)22-17(25)13-6-8-16(9-7-13)23-12(2)24/h3-11H,1-2H3,(H,22,25)(H,23,24). The fourth-order valence-corrected chi connectivity index (χ4v) is 2.26. The van der Waals surface area contributed by atoms with E-state index in [1.54, 1.807) is 19.1 Å². The molecule has 1 atom stereocenters. The van der Waals surface area contributed by atoms with E-state index in [1.165, 1.54) is 31.2 Å². The number of rotatable bonds is 4. The van der Waals surface area contributed by atoms with Gasteiger partial charge in [-0.2, -0.15) is 13.2 Å². The van der Waals surface area contributed by atoms with Gasteiger partial charge in [-0.3, -0.25) is 9.59 Å². The number of hydrogen-bond acceptors (Lipinski definition) is 2. The second-order valence-corrected chi connectivity index (χ2v) is 5.58. The van der Waals surface area contributed by atoms with E-state index in [0.29, 0.717) is 16.8 Å². The Morgan fingerprint density at radius 3 is 2.24 bits per heavy atom. The lowest BCUT2D eigenvalue weighted by Gasteiger charge is -2.16. The fourth-order valence-electron chi connectivity index (χ4n) is 2.26. The molecular weight excluding hydrogens is 333 g/mol. The Hall–Kier alpha value is -2.83. The summed E-state index contributed by atoms with van der Waals surface area (Å²) in [4.78, 5) is 23.2. The molecule has 7 heteroatoms. The number of benzene rings is 2. The quantitative estimate of drug-likeness (QED) is 0.870. The Morgan fingerprint density at radius 2 is 1.68 bits per heavy atom. The van der Waals surface area contributed by atoms with Crippen LogP contribution in [0.25, 0.3) is 0 Å². The molecule has 1 unspecified atom stereocenters. The van der Waals surface area contributed by atoms with Crippen LogP contribution >= 0.6 is 0 Å². The molecule has 2 rings (SSSR count). The van der Waals surface area contributed by atoms with Gasteiger partial charge in [-0.25, -0.2) is 0 Å². The van der Waals surface area contributed by atoms with Crippen LogP contribution in [0, 0.1) is 0 Å². The molecule has 4 nitrogen and oxygen atoms in total. The average molecular weight is 350 g/mol. The number of nitrogens with one attached hydrogen (secondary N) is 2. The zero-order valence-corrected chi connectivity index (χ0v) is 13.6. The Bertz CT molecular complexity index is 771. The number of hydrogen-bond donors (Lipinski definition) is 2. The second-order valence-electron chi connectivity index (χ2n) is 5.58. The predicted molar refractivity (Wildman–Crippen MR) is 88.1 cm³/mol. The van der Waals surface area contributed by atoms with Crippen molar-refractivity contribution in [3.8, 4) is 0 Å². The van der Waals surface area contributed by atoms with Crippen molar-refractivity contribution < 1.29 is 22.8 Å². The molecule has 0 saturated carbocycles. The first-order valence-corrected chi connectivity index (χ1v) is 7.52. The number of anilines is 1. The maximum Gasteiger partial charge on any atom is 0.416 e. The van der Waals surface area contributed by atoms with E-state index in [-0.39, 0.29) is 5.91 Å². The number of halogens is 3. The van der Waals surface area contributed by atoms with Gasteiger partial charge in [-0.15, -0.1) is 0 Å². The minimum Gasteiger partial charge on any atom is -0.346 e. The van der Waals surface area contributed by atoms with Crippen molar-refractivity contribution >= 4 is 17.5 Å². The van der Waals surface area contributed by atoms with E-state index in [0.717, 1.165) is 12.1 Å². The predicted octanol–water partition coefficient (Wildman–Crippen LogP) is 4.15. The lowest BCUT2D eigenvalue weighted by atomic mass is 10.0. The van der Waals surface area contributed by atoms with Crippen LogP contribution in [0.4, 0.5) is 18.9 Å². The largest absolute Gasteiger partial charge is 0.416 e. The van der Waals surface area contributed by atoms with Crippen LogP contribution in [-0.4, -0.2) is 11.8 Å². The monoisotopic (exact) mass is 350 g/mol. The van der Waals surface area contributed by atoms with Crippen LogP contribution in [0.5, 0.6) is 0 Å². The van der Waals surface area contributed by atoms with Gasteiger partial charge in [-0.05, 0) is 48.9 Å². The van der Waals surface area contributed by atoms with E-state index in [2.05, 4.69) is 10.6 Å². The summed E-state index contributed by atoms with van der Waals surface area (Å²) in [7, 11) is 0. The average Bonchev–Trinajstić information content (AvgIpc) is 2.54. The second kappa shape index (κ2) is 7.38. The van der Waals surface area contributed by atoms with E-state index >= 15 is 0 Å². The van der Waals surface area contributed by atoms with Gasteiger partial charge in [0.2, 0.25) is 5.91 Å². The summed E-state index contributed by atoms with van der Waals surface area (Å²) in [5, 5.41) is 5.24. The lowest BCUT2D eigenvalue weighted by molar-refractivity contribution is -0.137. The SMILES string of the molecule is CC(=O)Nc1ccc(C(=O)NC(C)c2cccc(C(F)(F)F)c2)cc1. The van der Waals surface area contributed by atoms with Crippen molar-refractivity contribution in [1.82, 2.24) is 5.32 Å². The molecule has 0 aliphatic carbocycles. The van der Waals surface area contributed by atoms with Gasteiger partial charge in [0.1, 0.15) is 0 Å². The van der Waals surface area contributed by atoms with Crippen molar-refractivity contribution in [1.29, 1.82) is 0 Å². The van der Waals surface area contributed by atoms with Gasteiger partial charge in [0.15, 0.2) is 0 Å². The van der Waals surface area contributed by atoms with Crippen LogP contribution in [-0.2, 0) is 11.0 Å². The molecule has 0 heterocycles. The highest BCUT2D eigenvalue weighted by Gasteiger charge is 2.30. The Kier molecular flexibility index (Phi) is 5.46. The van der Waals surface area contributed by atoms with Crippen LogP contribution in [0.2, 0.25) is 0 Å². The third kappa shape index (κ3) is 5.07. The van der Waals surface area contributed by atoms with Gasteiger partial charge in [0.05, 0.1) is 11.6 Å². The Balaban J connectivity index is 2.08. The number of carbonyl (C=O) groups is 2. The van der Waals surface area contributed by atoms with Gasteiger partial charge in [0.25, 0.3) is 5.91 Å². The van der Waals surface area contributed by atoms with E-state index in [9.17, 15) is 22.8 Å². The Morgan fingerprint density at radius 1 is 1.04 bits per heavy atom. The van der Waals surface area contributed by atoms with Gasteiger partial charge in [-0.1, -0.05) is 12.1 Å². The fraction of sp³-hybridized carbons (Fsp3) is 0.222. The molecule has 2 amide bonds. The molecule has 132 valence electrons. The topological polar surface area (TPSA) is 58.2 Å². The molecule has 2 aromatic rings. The third-order valence-electron chi connectivity index (χ3n) is 3.53. The lowest BCUT2D eigenvalue weighted by Crippen LogP contribution is -2.26. The van der Waals surface area contributed by atoms with Crippen molar-refractivity contribution in [3.63, 3.8) is 0 Å². The first-order valence-electron chi connectivity index (χ1n) is 7.52. The summed E-state index contributed by atoms with van der Waals surface area (Å²) in [5.74, 6) is -0.644. The molecule has 0 aliphatic rings. The van der Waals surface area contributed by atoms with Crippen LogP contribution in [0.1, 0.15) is 41.4 Å². The highest BCUT2D eigenvalue weighted by atomic mass is 19.4. The van der Waals surface area contributed by atoms with E-state index in [1.807, 2.05) is 0 Å². The first kappa shape index (κ1) is 18.5. The maximum atomic E-state index is 12.8. The van der Waals surface area contributed by atoms with Crippen LogP contribution in [0.15, 0.2) is 48.5 Å². The van der Waals surface area contributed by atoms with Crippen LogP contribution < -0.4 is 10.6 Å². The first-order chi connectivity index (χ1) is 11.7. The summed E-state index contributed by atoms with van der Waals surface area (Å²) in [6.45, 7) is 2.98. The third-order valence-corrected chi connectivity index (χ3v) is 3.53. The number of alkyl halides is 3. The van der Waals surface area contributed by atoms with E-state index in [4.69, 9.17) is 0 Å². The van der Waals surface area contributed by atoms with Gasteiger partial charge >= 0.3 is 6.18 Å². The normalized spacial score (nSPS) is 12.4. The zero-order valence-electron chi connectivity index (χ0n) is 13.6. The van der Waals surface area contributed by atoms with Crippen LogP contribution in [0.3, 0.4) is 0 Å². The molecule has 0 saturated heterocycles. The molecule has 25 heavy (non-hydrogen) atoms. The molecule has 0 aliphatic heterocycles. The molecule has 0 bridgehead atoms. The summed E-state index contributed by atoms with van der Waals surface area (Å²) in [5.41, 5.74) is 0.492. The zero-order chi connectivity index (χ0) is 18.6. The van der Waals surface area contributed by atoms with E-state index < -0.39 is 23.7 Å². The molecule has 2 aromatic carbocycles. The van der Waals surface area contributed by atoms with Crippen molar-refractivity contribution in [3.05, 3.63) is 65.2 Å². The molecule has 0 spiro atoms. The molecule has 0 radical (unpaired) electrons. The molecular formula is C18H17F3N2O2. The Labute approximate surface area is 143 Å². The van der Waals surface area contributed by atoms with Crippen molar-refractivity contribution in [2.75, 3.05) is 5.32 Å². The smallest absolute Gasteiger partial charge is 0.346 e. The number of carbonyl (C=O) groups excluding carboxylic acids is 2. The van der Waals surface area contributed by atoms with Gasteiger partial charge in [0, 0.05) is 18.2 Å². The summed E-state index contributed by atoms with van der Waals surface area (Å²) >= 11 is 0. The molecule has 0 fully saturated rings. The maximum absolute atomic E-state index is 12.8. The minimum atomic E-state index is -4.43. The summed E-state index contributed by atoms with van der Waals surface area (Å²) in [6.07, 6.45) is -4.43. The molecule has 2 N–H and O–H groups in total. The highest BCUT2D eigenvalue weighted by Crippen LogP contribution is 2.30. The number of amides is 2. The van der Waals surface area contributed by atoms with Crippen molar-refractivity contribution in [2.45, 2.75) is 26.1 Å². The highest BCUT2D eigenvalue weighted by molar-refractivity contribution is 5.95. The van der Waals surface area contributed by atoms with Crippen molar-refractivity contribution in [2.24, 2.45) is 0 Å². The summed E-state index contributed by atoms with van der Waals surface area (Å²) in [6, 6.07) is 10.5. The van der Waals surface area contributed by atoms with Gasteiger partial charge < -0.3 is 10.6 Å². The molecule has 0 aromatic heterocycles. The minimum absolute atomic E-state index is 0.227. The summed E-state index contributed by atoms with van der Waals surface area (Å²) < 4.78 is 38.3.